The Morgan fingerprint density at radius 1 is 1.33 bits per heavy atom. The summed E-state index contributed by atoms with van der Waals surface area (Å²) in [7, 11) is 0. The van der Waals surface area contributed by atoms with E-state index in [4.69, 9.17) is 5.11 Å². The molecule has 0 aliphatic carbocycles. The minimum atomic E-state index is -1.10. The van der Waals surface area contributed by atoms with E-state index in [1.54, 1.807) is 24.3 Å². The molecular weight excluding hydrogens is 192 g/mol. The zero-order valence-electron chi connectivity index (χ0n) is 8.43. The van der Waals surface area contributed by atoms with E-state index in [-0.39, 0.29) is 5.78 Å². The van der Waals surface area contributed by atoms with Crippen molar-refractivity contribution in [3.63, 3.8) is 0 Å². The summed E-state index contributed by atoms with van der Waals surface area (Å²) in [4.78, 5) is 21.9. The number of hydrogen-bond donors (Lipinski definition) is 1. The highest BCUT2D eigenvalue weighted by atomic mass is 16.4. The van der Waals surface area contributed by atoms with Gasteiger partial charge in [0.15, 0.2) is 5.78 Å². The Labute approximate surface area is 88.0 Å². The highest BCUT2D eigenvalue weighted by Gasteiger charge is 2.12. The number of benzene rings is 1. The predicted octanol–water partition coefficient (Wildman–Crippen LogP) is 2.38. The summed E-state index contributed by atoms with van der Waals surface area (Å²) in [5.74, 6) is -1.47. The fraction of sp³-hybridized carbons (Fsp3) is 0.167. The van der Waals surface area contributed by atoms with E-state index in [1.165, 1.54) is 0 Å². The molecule has 0 aliphatic heterocycles. The van der Waals surface area contributed by atoms with Crippen LogP contribution in [0.4, 0.5) is 0 Å². The summed E-state index contributed by atoms with van der Waals surface area (Å²) >= 11 is 0. The molecule has 0 spiro atoms. The molecule has 0 bridgehead atoms. The average molecular weight is 204 g/mol. The van der Waals surface area contributed by atoms with Crippen LogP contribution in [-0.2, 0) is 4.79 Å². The largest absolute Gasteiger partial charge is 0.481 e. The molecule has 15 heavy (non-hydrogen) atoms. The number of aliphatic carboxylic acids is 1. The fourth-order valence-corrected chi connectivity index (χ4v) is 1.31. The maximum atomic E-state index is 11.5. The Hall–Kier alpha value is -1.90. The van der Waals surface area contributed by atoms with Gasteiger partial charge in [-0.2, -0.15) is 0 Å². The summed E-state index contributed by atoms with van der Waals surface area (Å²) in [6.45, 7) is 1.85. The van der Waals surface area contributed by atoms with Crippen LogP contribution in [0.2, 0.25) is 0 Å². The molecule has 0 heterocycles. The molecule has 0 aliphatic rings. The second kappa shape index (κ2) is 5.10. The van der Waals surface area contributed by atoms with E-state index in [0.29, 0.717) is 5.56 Å². The van der Waals surface area contributed by atoms with E-state index in [1.807, 2.05) is 19.1 Å². The highest BCUT2D eigenvalue weighted by molar-refractivity contribution is 6.07. The van der Waals surface area contributed by atoms with Crippen molar-refractivity contribution in [3.05, 3.63) is 41.5 Å². The molecule has 1 aromatic rings. The molecule has 0 amide bonds. The Morgan fingerprint density at radius 2 is 2.00 bits per heavy atom. The van der Waals surface area contributed by atoms with Crippen LogP contribution in [-0.4, -0.2) is 16.9 Å². The predicted molar refractivity (Wildman–Crippen MR) is 57.7 cm³/mol. The number of carbonyl (C=O) groups excluding carboxylic acids is 1. The van der Waals surface area contributed by atoms with Crippen LogP contribution in [0.3, 0.4) is 0 Å². The Morgan fingerprint density at radius 3 is 2.60 bits per heavy atom. The van der Waals surface area contributed by atoms with Crippen molar-refractivity contribution < 1.29 is 14.7 Å². The first kappa shape index (κ1) is 11.2. The quantitative estimate of drug-likeness (QED) is 0.605. The van der Waals surface area contributed by atoms with Gasteiger partial charge in [-0.05, 0) is 12.5 Å². The SMILES string of the molecule is CC=Cc1ccccc1C(=O)CC(=O)O. The number of allylic oxidation sites excluding steroid dienone is 1. The fourth-order valence-electron chi connectivity index (χ4n) is 1.31. The molecule has 0 radical (unpaired) electrons. The van der Waals surface area contributed by atoms with Crippen LogP contribution >= 0.6 is 0 Å². The van der Waals surface area contributed by atoms with Gasteiger partial charge in [0.05, 0.1) is 0 Å². The zero-order valence-corrected chi connectivity index (χ0v) is 8.43. The minimum absolute atomic E-state index is 0.365. The summed E-state index contributed by atoms with van der Waals surface area (Å²) in [6, 6.07) is 6.96. The van der Waals surface area contributed by atoms with E-state index >= 15 is 0 Å². The van der Waals surface area contributed by atoms with Gasteiger partial charge in [0.1, 0.15) is 6.42 Å². The van der Waals surface area contributed by atoms with Gasteiger partial charge >= 0.3 is 5.97 Å². The molecule has 0 aromatic heterocycles. The molecule has 1 rings (SSSR count). The van der Waals surface area contributed by atoms with E-state index < -0.39 is 12.4 Å². The summed E-state index contributed by atoms with van der Waals surface area (Å²) in [6.07, 6.45) is 3.14. The van der Waals surface area contributed by atoms with Gasteiger partial charge in [-0.3, -0.25) is 9.59 Å². The van der Waals surface area contributed by atoms with E-state index in [0.717, 1.165) is 5.56 Å². The maximum absolute atomic E-state index is 11.5. The van der Waals surface area contributed by atoms with Gasteiger partial charge in [0.25, 0.3) is 0 Å². The molecule has 3 heteroatoms. The van der Waals surface area contributed by atoms with Gasteiger partial charge < -0.3 is 5.11 Å². The van der Waals surface area contributed by atoms with Gasteiger partial charge in [-0.25, -0.2) is 0 Å². The third-order valence-corrected chi connectivity index (χ3v) is 1.92. The van der Waals surface area contributed by atoms with Crippen LogP contribution in [0, 0.1) is 0 Å². The smallest absolute Gasteiger partial charge is 0.311 e. The molecular formula is C12H12O3. The zero-order chi connectivity index (χ0) is 11.3. The molecule has 0 saturated carbocycles. The molecule has 1 aromatic carbocycles. The topological polar surface area (TPSA) is 54.4 Å². The molecule has 78 valence electrons. The normalized spacial score (nSPS) is 10.5. The highest BCUT2D eigenvalue weighted by Crippen LogP contribution is 2.13. The van der Waals surface area contributed by atoms with Crippen molar-refractivity contribution in [2.75, 3.05) is 0 Å². The lowest BCUT2D eigenvalue weighted by Crippen LogP contribution is -2.08. The van der Waals surface area contributed by atoms with E-state index in [9.17, 15) is 9.59 Å². The minimum Gasteiger partial charge on any atom is -0.481 e. The van der Waals surface area contributed by atoms with Crippen molar-refractivity contribution in [2.45, 2.75) is 13.3 Å². The second-order valence-corrected chi connectivity index (χ2v) is 3.08. The summed E-state index contributed by atoms with van der Waals surface area (Å²) in [5.41, 5.74) is 1.21. The number of ketones is 1. The Balaban J connectivity index is 3.02. The lowest BCUT2D eigenvalue weighted by Gasteiger charge is -2.02. The van der Waals surface area contributed by atoms with Crippen molar-refractivity contribution in [2.24, 2.45) is 0 Å². The third kappa shape index (κ3) is 3.06. The van der Waals surface area contributed by atoms with Crippen LogP contribution in [0.5, 0.6) is 0 Å². The number of carboxylic acid groups (broad SMARTS) is 1. The molecule has 3 nitrogen and oxygen atoms in total. The lowest BCUT2D eigenvalue weighted by atomic mass is 10.0. The molecule has 0 saturated heterocycles. The number of carboxylic acids is 1. The first-order valence-electron chi connectivity index (χ1n) is 4.62. The first-order valence-corrected chi connectivity index (χ1v) is 4.62. The van der Waals surface area contributed by atoms with Gasteiger partial charge in [-0.1, -0.05) is 36.4 Å². The van der Waals surface area contributed by atoms with Crippen LogP contribution in [0.1, 0.15) is 29.3 Å². The number of Topliss-reactive ketones (excluding diaryl/α,β-unsaturated/α-hetero) is 1. The average Bonchev–Trinajstić information content (AvgIpc) is 2.18. The molecule has 0 fully saturated rings. The summed E-state index contributed by atoms with van der Waals surface area (Å²) < 4.78 is 0. The second-order valence-electron chi connectivity index (χ2n) is 3.08. The maximum Gasteiger partial charge on any atom is 0.311 e. The Bertz CT molecular complexity index is 405. The van der Waals surface area contributed by atoms with Crippen molar-refractivity contribution in [3.8, 4) is 0 Å². The molecule has 0 atom stereocenters. The van der Waals surface area contributed by atoms with Crippen molar-refractivity contribution >= 4 is 17.8 Å². The van der Waals surface area contributed by atoms with Crippen molar-refractivity contribution in [1.29, 1.82) is 0 Å². The van der Waals surface area contributed by atoms with Crippen LogP contribution < -0.4 is 0 Å². The van der Waals surface area contributed by atoms with Crippen LogP contribution in [0.25, 0.3) is 6.08 Å². The number of carbonyl (C=O) groups is 2. The van der Waals surface area contributed by atoms with E-state index in [2.05, 4.69) is 0 Å². The number of hydrogen-bond acceptors (Lipinski definition) is 2. The summed E-state index contributed by atoms with van der Waals surface area (Å²) in [5, 5.41) is 8.53. The van der Waals surface area contributed by atoms with Crippen LogP contribution in [0.15, 0.2) is 30.3 Å². The third-order valence-electron chi connectivity index (χ3n) is 1.92. The van der Waals surface area contributed by atoms with Gasteiger partial charge in [-0.15, -0.1) is 0 Å². The lowest BCUT2D eigenvalue weighted by molar-refractivity contribution is -0.135. The molecule has 1 N–H and O–H groups in total. The van der Waals surface area contributed by atoms with Gasteiger partial charge in [0, 0.05) is 5.56 Å². The van der Waals surface area contributed by atoms with Gasteiger partial charge in [0.2, 0.25) is 0 Å². The first-order chi connectivity index (χ1) is 7.15. The monoisotopic (exact) mass is 204 g/mol. The van der Waals surface area contributed by atoms with Crippen molar-refractivity contribution in [1.82, 2.24) is 0 Å². The Kier molecular flexibility index (Phi) is 3.80. The standard InChI is InChI=1S/C12H12O3/c1-2-5-9-6-3-4-7-10(9)11(13)8-12(14)15/h2-7H,8H2,1H3,(H,14,15). The number of rotatable bonds is 4. The molecule has 0 unspecified atom stereocenters.